The summed E-state index contributed by atoms with van der Waals surface area (Å²) in [5, 5.41) is 17.0. The quantitative estimate of drug-likeness (QED) is 0.0147. The van der Waals surface area contributed by atoms with Crippen molar-refractivity contribution in [3.63, 3.8) is 0 Å². The topological polar surface area (TPSA) is 168 Å². The molecule has 6 aromatic heterocycles. The molecule has 17 nitrogen and oxygen atoms in total. The molecule has 0 aliphatic carbocycles. The molecule has 6 heterocycles. The highest BCUT2D eigenvalue weighted by Gasteiger charge is 2.21. The average Bonchev–Trinajstić information content (AvgIpc) is 1.64. The molecule has 20 heteroatoms. The molecule has 12 rings (SSSR count). The van der Waals surface area contributed by atoms with Crippen LogP contribution in [0.2, 0.25) is 0 Å². The van der Waals surface area contributed by atoms with Crippen molar-refractivity contribution in [3.05, 3.63) is 210 Å². The molecule has 7 N–H and O–H groups in total. The van der Waals surface area contributed by atoms with Gasteiger partial charge in [0, 0.05) is 154 Å². The number of aromatic hydroxyl groups is 1. The third-order valence-electron chi connectivity index (χ3n) is 18.7. The number of carbonyl (C=O) groups excluding carboxylic acids is 2. The number of nitrogens with one attached hydrogen (secondary N) is 6. The largest absolute Gasteiger partial charge is 1.00 e. The summed E-state index contributed by atoms with van der Waals surface area (Å²) >= 11 is 0. The van der Waals surface area contributed by atoms with Crippen molar-refractivity contribution in [2.24, 2.45) is 0 Å². The predicted octanol–water partition coefficient (Wildman–Crippen LogP) is 8.97. The first kappa shape index (κ1) is 101. The number of rotatable bonds is 23. The van der Waals surface area contributed by atoms with Crippen molar-refractivity contribution in [2.75, 3.05) is 159 Å². The summed E-state index contributed by atoms with van der Waals surface area (Å²) in [4.78, 5) is 42.2. The molecule has 0 spiro atoms. The van der Waals surface area contributed by atoms with E-state index in [4.69, 9.17) is 9.47 Å². The van der Waals surface area contributed by atoms with Gasteiger partial charge in [0.2, 0.25) is 0 Å². The smallest absolute Gasteiger partial charge is 0.308 e. The number of likely N-dealkylation sites (N-methyl/N-ethyl adjacent to an activating group) is 6. The number of benzene rings is 6. The molecule has 0 bridgehead atoms. The second kappa shape index (κ2) is 45.6. The normalized spacial score (nSPS) is 11.5. The van der Waals surface area contributed by atoms with E-state index in [0.717, 1.165) is 130 Å². The van der Waals surface area contributed by atoms with Crippen molar-refractivity contribution in [1.82, 2.24) is 29.9 Å². The minimum absolute atomic E-state index is 0. The van der Waals surface area contributed by atoms with Gasteiger partial charge in [0.1, 0.15) is 17.2 Å². The van der Waals surface area contributed by atoms with Gasteiger partial charge in [-0.2, -0.15) is 0 Å². The lowest BCUT2D eigenvalue weighted by molar-refractivity contribution is -0.890. The van der Waals surface area contributed by atoms with Crippen LogP contribution in [0.15, 0.2) is 171 Å². The van der Waals surface area contributed by atoms with E-state index in [9.17, 15) is 14.7 Å². The Labute approximate surface area is 711 Å². The van der Waals surface area contributed by atoms with Gasteiger partial charge in [0.15, 0.2) is 0 Å². The van der Waals surface area contributed by atoms with Crippen LogP contribution in [0.4, 0.5) is 0 Å². The maximum atomic E-state index is 11.3. The van der Waals surface area contributed by atoms with Crippen LogP contribution in [-0.2, 0) is 48.1 Å². The van der Waals surface area contributed by atoms with Gasteiger partial charge in [-0.3, -0.25) is 9.59 Å². The first-order chi connectivity index (χ1) is 48.9. The van der Waals surface area contributed by atoms with Crippen molar-refractivity contribution in [2.45, 2.75) is 102 Å². The minimum atomic E-state index is -0.286. The van der Waals surface area contributed by atoms with Gasteiger partial charge in [-0.15, -0.1) is 0 Å². The molecular weight excluding hydrogens is 1710 g/mol. The minimum Gasteiger partial charge on any atom is -1.00 e. The molecule has 110 heavy (non-hydrogen) atoms. The fourth-order valence-electron chi connectivity index (χ4n) is 12.9. The van der Waals surface area contributed by atoms with Gasteiger partial charge in [-0.1, -0.05) is 102 Å². The number of allylic oxidation sites excluding steroid dienone is 1. The Morgan fingerprint density at radius 3 is 1.13 bits per heavy atom. The van der Waals surface area contributed by atoms with Gasteiger partial charge in [-0.25, -0.2) is 0 Å². The monoisotopic (exact) mass is 1850 g/mol. The molecule has 0 saturated carbocycles. The number of aromatic amines is 6. The number of phenolic OH excluding ortho intramolecular Hbond substituents is 1. The highest BCUT2D eigenvalue weighted by Crippen LogP contribution is 2.34. The molecule has 0 aliphatic heterocycles. The van der Waals surface area contributed by atoms with Crippen LogP contribution in [0.25, 0.3) is 65.4 Å². The number of hydrogen-bond donors (Lipinski definition) is 7. The lowest BCUT2D eigenvalue weighted by Crippen LogP contribution is -3.00. The molecular formula is C90H138I3N12O5+3. The van der Waals surface area contributed by atoms with Crippen molar-refractivity contribution >= 4 is 77.4 Å². The van der Waals surface area contributed by atoms with Gasteiger partial charge in [0.05, 0.1) is 165 Å². The summed E-state index contributed by atoms with van der Waals surface area (Å²) in [6.07, 6.45) is 22.3. The van der Waals surface area contributed by atoms with E-state index in [0.29, 0.717) is 17.2 Å². The summed E-state index contributed by atoms with van der Waals surface area (Å²) in [6, 6.07) is 42.6. The highest BCUT2D eigenvalue weighted by molar-refractivity contribution is 5.93. The Morgan fingerprint density at radius 1 is 0.391 bits per heavy atom. The zero-order valence-corrected chi connectivity index (χ0v) is 74.4. The van der Waals surface area contributed by atoms with E-state index in [-0.39, 0.29) is 106 Å². The summed E-state index contributed by atoms with van der Waals surface area (Å²) < 4.78 is 16.4. The molecule has 0 amide bonds. The van der Waals surface area contributed by atoms with E-state index in [2.05, 4.69) is 267 Å². The molecule has 606 valence electrons. The maximum absolute atomic E-state index is 11.3. The van der Waals surface area contributed by atoms with Gasteiger partial charge in [-0.05, 0) is 114 Å². The van der Waals surface area contributed by atoms with Crippen LogP contribution in [0.1, 0.15) is 95.5 Å². The summed E-state index contributed by atoms with van der Waals surface area (Å²) in [5.41, 5.74) is 15.8. The standard InChI is InChI=1S/C16H23N2O2.C15H21N2O2.C15H23N2.C15H21N2.C13H18N2O.C13H19N2.3CH4.3HI/c1-11-13(9-10-18(3,4)5)16-14(17-11)7-6-8-15(16)20-12(2)19;1-11(18)19-14-7-5-6-13-15(14)12(10-16-13)8-9-17(2,3)4;2*1-4-10-17(2,3)11-9-13-12-16-15-8-6-5-7-14(13)15;1-15(2,3)8-7-10-9-14-11-5-4-6-12(16)13(10)11;1-15(2,3)9-8-11-10-14-13-7-5-4-6-12(11)13;;;;;;/h6-8,17H,9-10H2,1-5H3;5-7,10,16H,8-9H2,1-4H3;5-8,12,16H,4,9-11H2,1-3H3;4-8,10,12,16H,9,11H2,1-3H3;4-6,9,14H,7-8H2,1-3H3;4-7,10,14H,8-9H2,1-3H3;3*1H4;3*1H/q4*+1;;+1;;;;;;/p-2/b;;;10-4+;;;;;;;;. The number of ether oxygens (including phenoxy) is 2. The first-order valence-corrected chi connectivity index (χ1v) is 36.9. The van der Waals surface area contributed by atoms with Crippen LogP contribution >= 0.6 is 0 Å². The van der Waals surface area contributed by atoms with Gasteiger partial charge in [0.25, 0.3) is 0 Å². The van der Waals surface area contributed by atoms with Crippen molar-refractivity contribution < 1.29 is 123 Å². The van der Waals surface area contributed by atoms with E-state index in [1.165, 1.54) is 106 Å². The SMILES string of the molecule is C.C.C.C/C=C/[N+](C)(C)CCc1c[nH]c2ccccc12.CC(=O)Oc1cccc2[nH]c(C)c(CC[N+](C)(C)C)c12.CC(=O)Oc1cccc2[nH]cc(CC[N+](C)(C)C)c12.CCC[N+](C)(C)CCc1c[nH]c2ccccc12.C[N+](C)(C)CCc1c[nH]c2cccc(O)c12.C[N+](C)(C)CCc1c[nH]c2ccccc12.[I-].[I-].[I-]. The number of aryl methyl sites for hydroxylation is 1. The Morgan fingerprint density at radius 2 is 0.718 bits per heavy atom. The Kier molecular flexibility index (Phi) is 41.9. The molecule has 6 aromatic carbocycles. The number of quaternary nitrogens is 6. The molecule has 0 saturated heterocycles. The number of esters is 2. The summed E-state index contributed by atoms with van der Waals surface area (Å²) in [5.74, 6) is 1.09. The molecule has 0 fully saturated rings. The number of fused-ring (bicyclic) bond motifs is 6. The van der Waals surface area contributed by atoms with Crippen molar-refractivity contribution in [1.29, 1.82) is 0 Å². The van der Waals surface area contributed by atoms with Crippen LogP contribution < -0.4 is 81.4 Å². The first-order valence-electron chi connectivity index (χ1n) is 36.9. The summed E-state index contributed by atoms with van der Waals surface area (Å²) in [6.45, 7) is 17.1. The number of phenols is 1. The second-order valence-corrected chi connectivity index (χ2v) is 33.1. The Balaban J connectivity index is 0.000000654. The zero-order chi connectivity index (χ0) is 76.2. The van der Waals surface area contributed by atoms with E-state index < -0.39 is 0 Å². The zero-order valence-electron chi connectivity index (χ0n) is 68.0. The third kappa shape index (κ3) is 32.2. The third-order valence-corrected chi connectivity index (χ3v) is 18.7. The number of carbonyl (C=O) groups is 2. The Hall–Kier alpha value is -7.01. The number of para-hydroxylation sites is 3. The number of halogens is 3. The van der Waals surface area contributed by atoms with Gasteiger partial charge < -0.3 is 143 Å². The van der Waals surface area contributed by atoms with Crippen molar-refractivity contribution in [3.8, 4) is 17.2 Å². The second-order valence-electron chi connectivity index (χ2n) is 33.1. The highest BCUT2D eigenvalue weighted by atomic mass is 127. The summed E-state index contributed by atoms with van der Waals surface area (Å²) in [7, 11) is 35.4. The van der Waals surface area contributed by atoms with E-state index in [1.54, 1.807) is 6.07 Å². The lowest BCUT2D eigenvalue weighted by Gasteiger charge is -2.29. The van der Waals surface area contributed by atoms with Crippen LogP contribution in [0.5, 0.6) is 17.2 Å². The number of aromatic nitrogens is 6. The van der Waals surface area contributed by atoms with Gasteiger partial charge >= 0.3 is 11.9 Å². The molecule has 0 aliphatic rings. The van der Waals surface area contributed by atoms with E-state index >= 15 is 0 Å². The molecule has 0 atom stereocenters. The molecule has 0 radical (unpaired) electrons. The predicted molar refractivity (Wildman–Crippen MR) is 457 cm³/mol. The average molecular weight is 1850 g/mol. The maximum Gasteiger partial charge on any atom is 0.308 e. The number of hydrogen-bond acceptors (Lipinski definition) is 5. The van der Waals surface area contributed by atoms with Crippen LogP contribution in [0.3, 0.4) is 0 Å². The number of H-pyrrole nitrogens is 6. The van der Waals surface area contributed by atoms with Crippen LogP contribution in [-0.4, -0.2) is 232 Å². The fourth-order valence-corrected chi connectivity index (χ4v) is 12.9. The molecule has 12 aromatic rings. The fraction of sp³-hybridized carbons (Fsp3) is 0.422. The number of nitrogens with zero attached hydrogens (tertiary/aromatic N) is 6. The van der Waals surface area contributed by atoms with E-state index in [1.807, 2.05) is 60.9 Å². The molecule has 0 unspecified atom stereocenters. The lowest BCUT2D eigenvalue weighted by atomic mass is 10.1. The Bertz CT molecular complexity index is 4730. The van der Waals surface area contributed by atoms with Crippen LogP contribution in [0, 0.1) is 6.92 Å².